The Labute approximate surface area is 349 Å². The summed E-state index contributed by atoms with van der Waals surface area (Å²) in [6, 6.07) is 0. The predicted molar refractivity (Wildman–Crippen MR) is 242 cm³/mol. The van der Waals surface area contributed by atoms with Gasteiger partial charge in [0.25, 0.3) is 0 Å². The van der Waals surface area contributed by atoms with Crippen molar-refractivity contribution in [2.75, 3.05) is 13.2 Å². The zero-order chi connectivity index (χ0) is 41.5. The maximum atomic E-state index is 12.7. The van der Waals surface area contributed by atoms with Gasteiger partial charge in [-0.05, 0) is 57.8 Å². The molecule has 6 nitrogen and oxygen atoms in total. The molecule has 1 unspecified atom stereocenters. The lowest BCUT2D eigenvalue weighted by molar-refractivity contribution is -0.167. The molecule has 1 atom stereocenters. The fourth-order valence-corrected chi connectivity index (χ4v) is 5.87. The van der Waals surface area contributed by atoms with E-state index in [0.717, 1.165) is 109 Å². The van der Waals surface area contributed by atoms with E-state index in [4.69, 9.17) is 14.2 Å². The third-order valence-corrected chi connectivity index (χ3v) is 9.27. The molecule has 0 bridgehead atoms. The molecule has 57 heavy (non-hydrogen) atoms. The highest BCUT2D eigenvalue weighted by atomic mass is 16.6. The van der Waals surface area contributed by atoms with Crippen molar-refractivity contribution in [2.45, 2.75) is 194 Å². The summed E-state index contributed by atoms with van der Waals surface area (Å²) >= 11 is 0. The Bertz CT molecular complexity index is 1180. The van der Waals surface area contributed by atoms with Crippen LogP contribution in [0.1, 0.15) is 188 Å². The normalized spacial score (nSPS) is 13.0. The Balaban J connectivity index is 4.47. The lowest BCUT2D eigenvalue weighted by Gasteiger charge is -2.18. The maximum Gasteiger partial charge on any atom is 0.306 e. The van der Waals surface area contributed by atoms with Crippen LogP contribution < -0.4 is 0 Å². The summed E-state index contributed by atoms with van der Waals surface area (Å²) in [5.74, 6) is -0.955. The molecule has 0 aromatic heterocycles. The van der Waals surface area contributed by atoms with Crippen LogP contribution in [0, 0.1) is 0 Å². The minimum atomic E-state index is -0.797. The second-order valence-electron chi connectivity index (χ2n) is 14.7. The highest BCUT2D eigenvalue weighted by Gasteiger charge is 2.19. The molecule has 0 aliphatic heterocycles. The van der Waals surface area contributed by atoms with Gasteiger partial charge in [0, 0.05) is 19.3 Å². The number of carbonyl (C=O) groups is 3. The van der Waals surface area contributed by atoms with Crippen LogP contribution in [0.2, 0.25) is 0 Å². The summed E-state index contributed by atoms with van der Waals surface area (Å²) in [5, 5.41) is 0. The van der Waals surface area contributed by atoms with Gasteiger partial charge >= 0.3 is 17.9 Å². The van der Waals surface area contributed by atoms with Crippen LogP contribution in [0.4, 0.5) is 0 Å². The molecule has 0 aromatic carbocycles. The Morgan fingerprint density at radius 2 is 0.684 bits per heavy atom. The largest absolute Gasteiger partial charge is 0.462 e. The molecule has 6 heteroatoms. The molecule has 0 radical (unpaired) electrons. The molecule has 0 spiro atoms. The van der Waals surface area contributed by atoms with Crippen molar-refractivity contribution in [3.05, 3.63) is 97.2 Å². The average molecular weight is 791 g/mol. The number of hydrogen-bond donors (Lipinski definition) is 0. The van der Waals surface area contributed by atoms with Crippen molar-refractivity contribution in [3.8, 4) is 0 Å². The van der Waals surface area contributed by atoms with Crippen LogP contribution in [-0.2, 0) is 28.6 Å². The van der Waals surface area contributed by atoms with Crippen molar-refractivity contribution in [3.63, 3.8) is 0 Å². The van der Waals surface area contributed by atoms with E-state index in [-0.39, 0.29) is 31.1 Å². The smallest absolute Gasteiger partial charge is 0.306 e. The first-order valence-electron chi connectivity index (χ1n) is 22.8. The molecule has 0 aliphatic carbocycles. The average Bonchev–Trinajstić information content (AvgIpc) is 3.21. The van der Waals surface area contributed by atoms with Crippen LogP contribution in [0.15, 0.2) is 97.2 Å². The van der Waals surface area contributed by atoms with Gasteiger partial charge in [0.15, 0.2) is 6.10 Å². The topological polar surface area (TPSA) is 78.9 Å². The number of hydrogen-bond acceptors (Lipinski definition) is 6. The number of carbonyl (C=O) groups excluding carboxylic acids is 3. The van der Waals surface area contributed by atoms with E-state index in [1.54, 1.807) is 0 Å². The van der Waals surface area contributed by atoms with Gasteiger partial charge in [-0.3, -0.25) is 14.4 Å². The first-order chi connectivity index (χ1) is 28.0. The standard InChI is InChI=1S/C51H82O6/c1-4-7-10-13-16-19-21-23-25-27-29-32-35-38-41-44-50(53)56-47-48(46-55-49(52)43-40-37-34-31-18-15-12-9-6-3)57-51(54)45-42-39-36-33-30-28-26-24-22-20-17-14-11-8-5-2/h7-8,10-11,13-14,16-17,19-26,48H,4-6,9,12,15,18,27-47H2,1-3H3/b10-7-,11-8-,16-13-,17-14-,21-19-,22-20-,25-23-,26-24-. The Morgan fingerprint density at radius 3 is 1.07 bits per heavy atom. The van der Waals surface area contributed by atoms with E-state index in [9.17, 15) is 14.4 Å². The lowest BCUT2D eigenvalue weighted by atomic mass is 10.1. The van der Waals surface area contributed by atoms with Crippen molar-refractivity contribution in [1.82, 2.24) is 0 Å². The van der Waals surface area contributed by atoms with E-state index >= 15 is 0 Å². The van der Waals surface area contributed by atoms with Crippen molar-refractivity contribution >= 4 is 17.9 Å². The highest BCUT2D eigenvalue weighted by Crippen LogP contribution is 2.13. The fourth-order valence-electron chi connectivity index (χ4n) is 5.87. The quantitative estimate of drug-likeness (QED) is 0.0267. The zero-order valence-corrected chi connectivity index (χ0v) is 36.6. The molecule has 0 rings (SSSR count). The minimum Gasteiger partial charge on any atom is -0.462 e. The third-order valence-electron chi connectivity index (χ3n) is 9.27. The van der Waals surface area contributed by atoms with E-state index in [2.05, 4.69) is 69.4 Å². The number of esters is 3. The molecule has 0 fully saturated rings. The van der Waals surface area contributed by atoms with Crippen LogP contribution in [0.5, 0.6) is 0 Å². The van der Waals surface area contributed by atoms with E-state index in [0.29, 0.717) is 19.3 Å². The van der Waals surface area contributed by atoms with Gasteiger partial charge in [0.05, 0.1) is 0 Å². The molecule has 0 amide bonds. The third kappa shape index (κ3) is 43.3. The summed E-state index contributed by atoms with van der Waals surface area (Å²) in [6.45, 7) is 6.27. The molecular formula is C51H82O6. The first-order valence-corrected chi connectivity index (χ1v) is 22.8. The summed E-state index contributed by atoms with van der Waals surface area (Å²) in [6.07, 6.45) is 58.1. The molecule has 0 saturated heterocycles. The molecule has 0 saturated carbocycles. The Morgan fingerprint density at radius 1 is 0.368 bits per heavy atom. The Hall–Kier alpha value is -3.67. The molecular weight excluding hydrogens is 709 g/mol. The summed E-state index contributed by atoms with van der Waals surface area (Å²) in [7, 11) is 0. The van der Waals surface area contributed by atoms with Crippen LogP contribution in [0.25, 0.3) is 0 Å². The van der Waals surface area contributed by atoms with Crippen LogP contribution in [0.3, 0.4) is 0 Å². The van der Waals surface area contributed by atoms with Gasteiger partial charge < -0.3 is 14.2 Å². The van der Waals surface area contributed by atoms with E-state index in [1.165, 1.54) is 38.5 Å². The fraction of sp³-hybridized carbons (Fsp3) is 0.627. The summed E-state index contributed by atoms with van der Waals surface area (Å²) in [5.41, 5.74) is 0. The maximum absolute atomic E-state index is 12.7. The summed E-state index contributed by atoms with van der Waals surface area (Å²) < 4.78 is 16.7. The lowest BCUT2D eigenvalue weighted by Crippen LogP contribution is -2.30. The molecule has 0 aromatic rings. The highest BCUT2D eigenvalue weighted by molar-refractivity contribution is 5.71. The molecule has 322 valence electrons. The zero-order valence-electron chi connectivity index (χ0n) is 36.6. The van der Waals surface area contributed by atoms with E-state index in [1.807, 2.05) is 48.6 Å². The number of allylic oxidation sites excluding steroid dienone is 16. The van der Waals surface area contributed by atoms with Gasteiger partial charge in [-0.2, -0.15) is 0 Å². The van der Waals surface area contributed by atoms with Gasteiger partial charge in [-0.25, -0.2) is 0 Å². The van der Waals surface area contributed by atoms with Gasteiger partial charge in [0.2, 0.25) is 0 Å². The first kappa shape index (κ1) is 53.3. The second-order valence-corrected chi connectivity index (χ2v) is 14.7. The number of ether oxygens (including phenoxy) is 3. The monoisotopic (exact) mass is 791 g/mol. The number of rotatable bonds is 39. The summed E-state index contributed by atoms with van der Waals surface area (Å²) in [4.78, 5) is 37.7. The van der Waals surface area contributed by atoms with Gasteiger partial charge in [0.1, 0.15) is 13.2 Å². The Kier molecular flexibility index (Phi) is 42.1. The van der Waals surface area contributed by atoms with Crippen molar-refractivity contribution in [2.24, 2.45) is 0 Å². The van der Waals surface area contributed by atoms with E-state index < -0.39 is 6.10 Å². The SMILES string of the molecule is CC\C=C/C=C\C=C/C=C\CCCCCCCC(=O)OCC(COC(=O)CCCCCCCCCCC)OC(=O)CCCCCCC\C=C/C=C\C=C/C=C\CC. The van der Waals surface area contributed by atoms with Crippen LogP contribution in [-0.4, -0.2) is 37.2 Å². The molecule has 0 heterocycles. The van der Waals surface area contributed by atoms with Crippen molar-refractivity contribution < 1.29 is 28.6 Å². The van der Waals surface area contributed by atoms with Gasteiger partial charge in [-0.1, -0.05) is 208 Å². The minimum absolute atomic E-state index is 0.0958. The number of unbranched alkanes of at least 4 members (excludes halogenated alkanes) is 18. The van der Waals surface area contributed by atoms with Crippen molar-refractivity contribution in [1.29, 1.82) is 0 Å². The molecule has 0 N–H and O–H groups in total. The molecule has 0 aliphatic rings. The second kappa shape index (κ2) is 45.0. The van der Waals surface area contributed by atoms with Crippen LogP contribution >= 0.6 is 0 Å². The van der Waals surface area contributed by atoms with Gasteiger partial charge in [-0.15, -0.1) is 0 Å². The predicted octanol–water partition coefficient (Wildman–Crippen LogP) is 14.6.